The lowest BCUT2D eigenvalue weighted by Crippen LogP contribution is -2.33. The maximum Gasteiger partial charge on any atom is 0.0641 e. The number of hydrogen-bond acceptors (Lipinski definition) is 1. The molecule has 3 aliphatic rings. The van der Waals surface area contributed by atoms with E-state index in [4.69, 9.17) is 23.2 Å². The van der Waals surface area contributed by atoms with E-state index in [1.165, 1.54) is 32.1 Å². The molecule has 0 spiro atoms. The number of hydrogen-bond donors (Lipinski definition) is 1. The van der Waals surface area contributed by atoms with Gasteiger partial charge in [0.2, 0.25) is 0 Å². The molecule has 1 nitrogen and oxygen atoms in total. The van der Waals surface area contributed by atoms with Crippen molar-refractivity contribution < 1.29 is 0 Å². The molecule has 2 bridgehead atoms. The summed E-state index contributed by atoms with van der Waals surface area (Å²) in [5.41, 5.74) is 2.07. The number of benzene rings is 1. The first-order chi connectivity index (χ1) is 9.63. The van der Waals surface area contributed by atoms with Gasteiger partial charge in [0.15, 0.2) is 0 Å². The van der Waals surface area contributed by atoms with Crippen LogP contribution in [0, 0.1) is 30.6 Å². The second kappa shape index (κ2) is 4.81. The Labute approximate surface area is 131 Å². The SMILES string of the molecule is Cc1cc(Cl)c(NC2CC3CC2C2CCCC32)cc1Cl. The van der Waals surface area contributed by atoms with E-state index in [2.05, 4.69) is 5.32 Å². The largest absolute Gasteiger partial charge is 0.381 e. The fraction of sp³-hybridized carbons (Fsp3) is 0.647. The summed E-state index contributed by atoms with van der Waals surface area (Å²) in [4.78, 5) is 0. The standard InChI is InChI=1S/C17H21Cl2N/c1-9-5-15(19)17(8-14(9)18)20-16-7-10-6-13(16)12-4-2-3-11(10)12/h5,8,10-13,16,20H,2-4,6-7H2,1H3. The van der Waals surface area contributed by atoms with Crippen LogP contribution in [0.4, 0.5) is 5.69 Å². The average Bonchev–Trinajstić information content (AvgIpc) is 3.07. The quantitative estimate of drug-likeness (QED) is 0.756. The average molecular weight is 310 g/mol. The Morgan fingerprint density at radius 2 is 1.80 bits per heavy atom. The highest BCUT2D eigenvalue weighted by Crippen LogP contribution is 2.59. The lowest BCUT2D eigenvalue weighted by molar-refractivity contribution is 0.243. The van der Waals surface area contributed by atoms with Crippen LogP contribution < -0.4 is 5.32 Å². The van der Waals surface area contributed by atoms with Crippen molar-refractivity contribution in [2.75, 3.05) is 5.32 Å². The van der Waals surface area contributed by atoms with Crippen LogP contribution in [0.25, 0.3) is 0 Å². The molecule has 108 valence electrons. The van der Waals surface area contributed by atoms with E-state index in [0.29, 0.717) is 6.04 Å². The number of rotatable bonds is 2. The van der Waals surface area contributed by atoms with Gasteiger partial charge in [-0.3, -0.25) is 0 Å². The lowest BCUT2D eigenvalue weighted by Gasteiger charge is -2.33. The summed E-state index contributed by atoms with van der Waals surface area (Å²) in [6.07, 6.45) is 7.14. The summed E-state index contributed by atoms with van der Waals surface area (Å²) in [7, 11) is 0. The van der Waals surface area contributed by atoms with E-state index in [1.807, 2.05) is 19.1 Å². The number of fused-ring (bicyclic) bond motifs is 5. The van der Waals surface area contributed by atoms with E-state index in [9.17, 15) is 0 Å². The van der Waals surface area contributed by atoms with Crippen LogP contribution in [-0.4, -0.2) is 6.04 Å². The molecule has 3 heteroatoms. The fourth-order valence-electron chi connectivity index (χ4n) is 5.19. The molecular weight excluding hydrogens is 289 g/mol. The molecule has 3 saturated carbocycles. The van der Waals surface area contributed by atoms with Crippen molar-refractivity contribution in [2.24, 2.45) is 23.7 Å². The maximum atomic E-state index is 6.37. The lowest BCUT2D eigenvalue weighted by atomic mass is 9.79. The molecular formula is C17H21Cl2N. The van der Waals surface area contributed by atoms with Crippen LogP contribution in [0.2, 0.25) is 10.0 Å². The van der Waals surface area contributed by atoms with Crippen molar-refractivity contribution in [3.05, 3.63) is 27.7 Å². The van der Waals surface area contributed by atoms with E-state index >= 15 is 0 Å². The molecule has 5 atom stereocenters. The number of nitrogens with one attached hydrogen (secondary N) is 1. The summed E-state index contributed by atoms with van der Waals surface area (Å²) < 4.78 is 0. The van der Waals surface area contributed by atoms with Gasteiger partial charge in [0.1, 0.15) is 0 Å². The zero-order valence-electron chi connectivity index (χ0n) is 11.8. The van der Waals surface area contributed by atoms with Crippen LogP contribution in [0.15, 0.2) is 12.1 Å². The Morgan fingerprint density at radius 1 is 1.00 bits per heavy atom. The van der Waals surface area contributed by atoms with E-state index < -0.39 is 0 Å². The second-order valence-corrected chi connectivity index (χ2v) is 7.80. The predicted octanol–water partition coefficient (Wildman–Crippen LogP) is 5.54. The maximum absolute atomic E-state index is 6.37. The van der Waals surface area contributed by atoms with Crippen LogP contribution in [0.1, 0.15) is 37.7 Å². The van der Waals surface area contributed by atoms with Gasteiger partial charge < -0.3 is 5.32 Å². The van der Waals surface area contributed by atoms with Crippen molar-refractivity contribution in [1.82, 2.24) is 0 Å². The zero-order valence-corrected chi connectivity index (χ0v) is 13.3. The first-order valence-electron chi connectivity index (χ1n) is 7.85. The second-order valence-electron chi connectivity index (χ2n) is 6.99. The normalized spacial score (nSPS) is 38.2. The van der Waals surface area contributed by atoms with E-state index in [-0.39, 0.29) is 0 Å². The predicted molar refractivity (Wildman–Crippen MR) is 85.7 cm³/mol. The fourth-order valence-corrected chi connectivity index (χ4v) is 5.63. The Bertz CT molecular complexity index is 542. The molecule has 1 N–H and O–H groups in total. The molecule has 0 amide bonds. The van der Waals surface area contributed by atoms with Crippen LogP contribution in [0.5, 0.6) is 0 Å². The van der Waals surface area contributed by atoms with Crippen molar-refractivity contribution in [2.45, 2.75) is 45.1 Å². The number of aryl methyl sites for hydroxylation is 1. The number of anilines is 1. The Hall–Kier alpha value is -0.400. The molecule has 1 aromatic carbocycles. The van der Waals surface area contributed by atoms with Crippen molar-refractivity contribution >= 4 is 28.9 Å². The van der Waals surface area contributed by atoms with Gasteiger partial charge in [0.25, 0.3) is 0 Å². The first-order valence-corrected chi connectivity index (χ1v) is 8.61. The minimum absolute atomic E-state index is 0.607. The van der Waals surface area contributed by atoms with Gasteiger partial charge in [0, 0.05) is 11.1 Å². The van der Waals surface area contributed by atoms with Gasteiger partial charge in [-0.2, -0.15) is 0 Å². The summed E-state index contributed by atoms with van der Waals surface area (Å²) in [6, 6.07) is 4.57. The highest BCUT2D eigenvalue weighted by atomic mass is 35.5. The van der Waals surface area contributed by atoms with Gasteiger partial charge in [-0.25, -0.2) is 0 Å². The molecule has 20 heavy (non-hydrogen) atoms. The highest BCUT2D eigenvalue weighted by molar-refractivity contribution is 6.35. The van der Waals surface area contributed by atoms with Crippen molar-refractivity contribution in [3.8, 4) is 0 Å². The van der Waals surface area contributed by atoms with Crippen LogP contribution >= 0.6 is 23.2 Å². The Balaban J connectivity index is 1.55. The highest BCUT2D eigenvalue weighted by Gasteiger charge is 2.53. The van der Waals surface area contributed by atoms with Crippen LogP contribution in [-0.2, 0) is 0 Å². The first kappa shape index (κ1) is 13.3. The minimum Gasteiger partial charge on any atom is -0.381 e. The van der Waals surface area contributed by atoms with E-state index in [0.717, 1.165) is 45.0 Å². The molecule has 3 fully saturated rings. The van der Waals surface area contributed by atoms with Gasteiger partial charge in [-0.1, -0.05) is 29.6 Å². The molecule has 1 aromatic rings. The molecule has 4 rings (SSSR count). The van der Waals surface area contributed by atoms with Crippen molar-refractivity contribution in [3.63, 3.8) is 0 Å². The molecule has 0 saturated heterocycles. The Morgan fingerprint density at radius 3 is 2.65 bits per heavy atom. The van der Waals surface area contributed by atoms with E-state index in [1.54, 1.807) is 0 Å². The summed E-state index contributed by atoms with van der Waals surface area (Å²) >= 11 is 12.6. The van der Waals surface area contributed by atoms with Gasteiger partial charge in [-0.05, 0) is 74.0 Å². The monoisotopic (exact) mass is 309 g/mol. The smallest absolute Gasteiger partial charge is 0.0641 e. The van der Waals surface area contributed by atoms with Gasteiger partial charge >= 0.3 is 0 Å². The minimum atomic E-state index is 0.607. The summed E-state index contributed by atoms with van der Waals surface area (Å²) in [5.74, 6) is 3.84. The van der Waals surface area contributed by atoms with Gasteiger partial charge in [0.05, 0.1) is 10.7 Å². The third-order valence-electron chi connectivity index (χ3n) is 6.02. The topological polar surface area (TPSA) is 12.0 Å². The molecule has 0 aliphatic heterocycles. The number of halogens is 2. The zero-order chi connectivity index (χ0) is 13.9. The summed E-state index contributed by atoms with van der Waals surface area (Å²) in [6.45, 7) is 2.00. The van der Waals surface area contributed by atoms with Crippen LogP contribution in [0.3, 0.4) is 0 Å². The molecule has 0 heterocycles. The third-order valence-corrected chi connectivity index (χ3v) is 6.74. The van der Waals surface area contributed by atoms with Gasteiger partial charge in [-0.15, -0.1) is 0 Å². The molecule has 0 radical (unpaired) electrons. The third kappa shape index (κ3) is 1.97. The molecule has 3 aliphatic carbocycles. The van der Waals surface area contributed by atoms with Crippen molar-refractivity contribution in [1.29, 1.82) is 0 Å². The molecule has 0 aromatic heterocycles. The molecule has 5 unspecified atom stereocenters. The summed E-state index contributed by atoms with van der Waals surface area (Å²) in [5, 5.41) is 5.31. The Kier molecular flexibility index (Phi) is 3.19.